The molecular formula is C13H22N2O. The Hall–Kier alpha value is -0.570. The van der Waals surface area contributed by atoms with Crippen molar-refractivity contribution >= 4 is 5.91 Å². The molecule has 90 valence electrons. The highest BCUT2D eigenvalue weighted by atomic mass is 16.2. The molecule has 2 saturated heterocycles. The van der Waals surface area contributed by atoms with Crippen molar-refractivity contribution in [3.05, 3.63) is 0 Å². The van der Waals surface area contributed by atoms with E-state index >= 15 is 0 Å². The number of carbonyl (C=O) groups excluding carboxylic acids is 1. The predicted octanol–water partition coefficient (Wildman–Crippen LogP) is 1.39. The van der Waals surface area contributed by atoms with Crippen molar-refractivity contribution in [1.82, 2.24) is 10.2 Å². The van der Waals surface area contributed by atoms with E-state index in [0.29, 0.717) is 11.9 Å². The Morgan fingerprint density at radius 2 is 2.06 bits per heavy atom. The summed E-state index contributed by atoms with van der Waals surface area (Å²) < 4.78 is 0. The molecule has 16 heavy (non-hydrogen) atoms. The van der Waals surface area contributed by atoms with Crippen LogP contribution >= 0.6 is 0 Å². The fourth-order valence-electron chi connectivity index (χ4n) is 3.86. The Bertz CT molecular complexity index is 294. The van der Waals surface area contributed by atoms with Gasteiger partial charge < -0.3 is 10.2 Å². The molecule has 0 aromatic heterocycles. The molecule has 3 heteroatoms. The second-order valence-electron chi connectivity index (χ2n) is 6.06. The van der Waals surface area contributed by atoms with Crippen molar-refractivity contribution in [1.29, 1.82) is 0 Å². The predicted molar refractivity (Wildman–Crippen MR) is 63.1 cm³/mol. The highest BCUT2D eigenvalue weighted by Crippen LogP contribution is 2.45. The van der Waals surface area contributed by atoms with E-state index in [2.05, 4.69) is 17.3 Å². The molecule has 0 aromatic carbocycles. The van der Waals surface area contributed by atoms with E-state index in [4.69, 9.17) is 0 Å². The second kappa shape index (κ2) is 3.73. The maximum absolute atomic E-state index is 12.3. The number of hydrogen-bond acceptors (Lipinski definition) is 2. The summed E-state index contributed by atoms with van der Waals surface area (Å²) in [5.41, 5.74) is -0.00197. The first-order valence-electron chi connectivity index (χ1n) is 6.69. The number of piperidine rings is 2. The monoisotopic (exact) mass is 222 g/mol. The van der Waals surface area contributed by atoms with Crippen LogP contribution in [-0.4, -0.2) is 37.0 Å². The van der Waals surface area contributed by atoms with Gasteiger partial charge in [0.2, 0.25) is 5.91 Å². The molecule has 0 bridgehead atoms. The first-order chi connectivity index (χ1) is 7.70. The normalized spacial score (nSPS) is 38.4. The minimum absolute atomic E-state index is 0.00197. The maximum atomic E-state index is 12.3. The molecule has 3 aliphatic rings. The Balaban J connectivity index is 1.77. The van der Waals surface area contributed by atoms with Gasteiger partial charge in [-0.15, -0.1) is 0 Å². The number of likely N-dealkylation sites (tertiary alicyclic amines) is 1. The van der Waals surface area contributed by atoms with Gasteiger partial charge in [-0.1, -0.05) is 6.42 Å². The van der Waals surface area contributed by atoms with E-state index in [-0.39, 0.29) is 5.41 Å². The van der Waals surface area contributed by atoms with Crippen molar-refractivity contribution < 1.29 is 4.79 Å². The number of nitrogens with one attached hydrogen (secondary N) is 1. The molecule has 1 saturated carbocycles. The summed E-state index contributed by atoms with van der Waals surface area (Å²) in [6.45, 7) is 2.18. The van der Waals surface area contributed by atoms with Crippen LogP contribution in [0.15, 0.2) is 0 Å². The van der Waals surface area contributed by atoms with Gasteiger partial charge in [-0.25, -0.2) is 0 Å². The van der Waals surface area contributed by atoms with Gasteiger partial charge >= 0.3 is 0 Å². The minimum Gasteiger partial charge on any atom is -0.353 e. The van der Waals surface area contributed by atoms with Crippen molar-refractivity contribution in [3.63, 3.8) is 0 Å². The average molecular weight is 222 g/mol. The molecule has 3 nitrogen and oxygen atoms in total. The van der Waals surface area contributed by atoms with Crippen molar-refractivity contribution in [2.45, 2.75) is 44.6 Å². The van der Waals surface area contributed by atoms with Crippen LogP contribution in [-0.2, 0) is 4.79 Å². The smallest absolute Gasteiger partial charge is 0.226 e. The highest BCUT2D eigenvalue weighted by molar-refractivity contribution is 5.84. The lowest BCUT2D eigenvalue weighted by molar-refractivity contribution is -0.139. The van der Waals surface area contributed by atoms with Gasteiger partial charge in [0.25, 0.3) is 0 Å². The van der Waals surface area contributed by atoms with Crippen LogP contribution in [0.25, 0.3) is 0 Å². The van der Waals surface area contributed by atoms with Crippen LogP contribution in [0.2, 0.25) is 0 Å². The van der Waals surface area contributed by atoms with Gasteiger partial charge in [-0.2, -0.15) is 0 Å². The molecule has 1 aliphatic carbocycles. The SMILES string of the molecule is CN1CCC2(CC1)CC1CCCC1NC2=O. The van der Waals surface area contributed by atoms with E-state index in [0.717, 1.165) is 38.3 Å². The maximum Gasteiger partial charge on any atom is 0.226 e. The molecule has 2 heterocycles. The van der Waals surface area contributed by atoms with Gasteiger partial charge in [0.15, 0.2) is 0 Å². The molecule has 3 rings (SSSR count). The number of amides is 1. The fraction of sp³-hybridized carbons (Fsp3) is 0.923. The second-order valence-corrected chi connectivity index (χ2v) is 6.06. The molecule has 0 radical (unpaired) electrons. The van der Waals surface area contributed by atoms with Crippen LogP contribution in [0.3, 0.4) is 0 Å². The van der Waals surface area contributed by atoms with Crippen LogP contribution in [0.1, 0.15) is 38.5 Å². The van der Waals surface area contributed by atoms with Crippen LogP contribution in [0.4, 0.5) is 0 Å². The van der Waals surface area contributed by atoms with Crippen LogP contribution < -0.4 is 5.32 Å². The van der Waals surface area contributed by atoms with E-state index in [9.17, 15) is 4.79 Å². The van der Waals surface area contributed by atoms with Gasteiger partial charge in [0.05, 0.1) is 5.41 Å². The van der Waals surface area contributed by atoms with Crippen molar-refractivity contribution in [3.8, 4) is 0 Å². The Labute approximate surface area is 97.6 Å². The summed E-state index contributed by atoms with van der Waals surface area (Å²) in [6, 6.07) is 0.512. The average Bonchev–Trinajstić information content (AvgIpc) is 2.70. The molecule has 3 fully saturated rings. The number of fused-ring (bicyclic) bond motifs is 1. The largest absolute Gasteiger partial charge is 0.353 e. The Kier molecular flexibility index (Phi) is 2.46. The number of nitrogens with zero attached hydrogens (tertiary/aromatic N) is 1. The molecule has 1 N–H and O–H groups in total. The summed E-state index contributed by atoms with van der Waals surface area (Å²) in [6.07, 6.45) is 7.16. The summed E-state index contributed by atoms with van der Waals surface area (Å²) in [4.78, 5) is 14.6. The van der Waals surface area contributed by atoms with E-state index in [1.165, 1.54) is 19.3 Å². The first-order valence-corrected chi connectivity index (χ1v) is 6.69. The summed E-state index contributed by atoms with van der Waals surface area (Å²) >= 11 is 0. The Morgan fingerprint density at radius 3 is 2.81 bits per heavy atom. The number of carbonyl (C=O) groups is 1. The zero-order valence-corrected chi connectivity index (χ0v) is 10.2. The van der Waals surface area contributed by atoms with Gasteiger partial charge in [-0.3, -0.25) is 4.79 Å². The first kappa shape index (κ1) is 10.6. The molecular weight excluding hydrogens is 200 g/mol. The lowest BCUT2D eigenvalue weighted by Crippen LogP contribution is -2.56. The third kappa shape index (κ3) is 1.56. The van der Waals surface area contributed by atoms with Crippen LogP contribution in [0, 0.1) is 11.3 Å². The lowest BCUT2D eigenvalue weighted by atomic mass is 9.68. The van der Waals surface area contributed by atoms with E-state index in [1.807, 2.05) is 0 Å². The molecule has 1 spiro atoms. The third-order valence-corrected chi connectivity index (χ3v) is 5.05. The van der Waals surface area contributed by atoms with E-state index < -0.39 is 0 Å². The lowest BCUT2D eigenvalue weighted by Gasteiger charge is -2.46. The fourth-order valence-corrected chi connectivity index (χ4v) is 3.86. The quantitative estimate of drug-likeness (QED) is 0.671. The summed E-state index contributed by atoms with van der Waals surface area (Å²) in [7, 11) is 2.16. The molecule has 0 aromatic rings. The zero-order valence-electron chi connectivity index (χ0n) is 10.2. The molecule has 2 atom stereocenters. The highest BCUT2D eigenvalue weighted by Gasteiger charge is 2.49. The minimum atomic E-state index is -0.00197. The summed E-state index contributed by atoms with van der Waals surface area (Å²) in [5.74, 6) is 1.14. The summed E-state index contributed by atoms with van der Waals surface area (Å²) in [5, 5.41) is 3.30. The number of hydrogen-bond donors (Lipinski definition) is 1. The third-order valence-electron chi connectivity index (χ3n) is 5.05. The van der Waals surface area contributed by atoms with Gasteiger partial charge in [0.1, 0.15) is 0 Å². The topological polar surface area (TPSA) is 32.3 Å². The zero-order chi connectivity index (χ0) is 11.2. The molecule has 1 amide bonds. The molecule has 2 unspecified atom stereocenters. The van der Waals surface area contributed by atoms with Gasteiger partial charge in [-0.05, 0) is 58.2 Å². The Morgan fingerprint density at radius 1 is 1.31 bits per heavy atom. The number of rotatable bonds is 0. The van der Waals surface area contributed by atoms with Gasteiger partial charge in [0, 0.05) is 6.04 Å². The van der Waals surface area contributed by atoms with Crippen molar-refractivity contribution in [2.75, 3.05) is 20.1 Å². The standard InChI is InChI=1S/C13H22N2O/c1-15-7-5-13(6-8-15)9-10-3-2-4-11(10)14-12(13)16/h10-11H,2-9H2,1H3,(H,14,16). The van der Waals surface area contributed by atoms with Crippen LogP contribution in [0.5, 0.6) is 0 Å². The van der Waals surface area contributed by atoms with Crippen molar-refractivity contribution in [2.24, 2.45) is 11.3 Å². The molecule has 2 aliphatic heterocycles. The van der Waals surface area contributed by atoms with E-state index in [1.54, 1.807) is 0 Å².